The molecule has 0 bridgehead atoms. The molecule has 0 saturated carbocycles. The normalized spacial score (nSPS) is 16.6. The molecular weight excluding hydrogens is 464 g/mol. The summed E-state index contributed by atoms with van der Waals surface area (Å²) in [6, 6.07) is 6.29. The van der Waals surface area contributed by atoms with Gasteiger partial charge >= 0.3 is 0 Å². The second kappa shape index (κ2) is 9.55. The summed E-state index contributed by atoms with van der Waals surface area (Å²) in [6.07, 6.45) is 4.16. The van der Waals surface area contributed by atoms with Gasteiger partial charge in [-0.1, -0.05) is 17.7 Å². The third kappa shape index (κ3) is 5.12. The van der Waals surface area contributed by atoms with Crippen LogP contribution in [0.1, 0.15) is 16.9 Å². The van der Waals surface area contributed by atoms with E-state index in [4.69, 9.17) is 23.1 Å². The summed E-state index contributed by atoms with van der Waals surface area (Å²) in [6.45, 7) is 0.905. The molecular formula is C22H21ClN6O3S. The predicted molar refractivity (Wildman–Crippen MR) is 127 cm³/mol. The lowest BCUT2D eigenvalue weighted by molar-refractivity contribution is -0.151. The van der Waals surface area contributed by atoms with E-state index < -0.39 is 11.9 Å². The second-order valence-electron chi connectivity index (χ2n) is 7.59. The van der Waals surface area contributed by atoms with E-state index in [0.717, 1.165) is 15.8 Å². The fourth-order valence-electron chi connectivity index (χ4n) is 3.75. The molecule has 3 heterocycles. The Kier molecular flexibility index (Phi) is 6.57. The monoisotopic (exact) mass is 484 g/mol. The first-order chi connectivity index (χ1) is 15.8. The van der Waals surface area contributed by atoms with E-state index in [0.29, 0.717) is 29.4 Å². The molecule has 0 spiro atoms. The van der Waals surface area contributed by atoms with Gasteiger partial charge in [0, 0.05) is 41.4 Å². The van der Waals surface area contributed by atoms with Crippen LogP contribution in [-0.2, 0) is 20.9 Å². The zero-order valence-corrected chi connectivity index (χ0v) is 19.1. The van der Waals surface area contributed by atoms with Gasteiger partial charge in [0.1, 0.15) is 18.2 Å². The number of primary amides is 1. The van der Waals surface area contributed by atoms with Crippen molar-refractivity contribution in [2.75, 3.05) is 18.8 Å². The number of hydrogen-bond donors (Lipinski definition) is 2. The number of aromatic nitrogens is 2. The quantitative estimate of drug-likeness (QED) is 0.514. The number of halogens is 1. The minimum absolute atomic E-state index is 0.249. The minimum Gasteiger partial charge on any atom is -0.383 e. The number of anilines is 1. The Hall–Kier alpha value is -3.50. The summed E-state index contributed by atoms with van der Waals surface area (Å²) < 4.78 is 0. The zero-order chi connectivity index (χ0) is 23.5. The van der Waals surface area contributed by atoms with Crippen molar-refractivity contribution in [1.29, 1.82) is 0 Å². The van der Waals surface area contributed by atoms with Gasteiger partial charge in [-0.05, 0) is 29.8 Å². The number of thiophene rings is 1. The number of benzene rings is 1. The molecule has 0 radical (unpaired) electrons. The topological polar surface area (TPSA) is 136 Å². The third-order valence-electron chi connectivity index (χ3n) is 5.34. The van der Waals surface area contributed by atoms with Crippen LogP contribution in [0.15, 0.2) is 42.0 Å². The van der Waals surface area contributed by atoms with Crippen molar-refractivity contribution in [2.24, 2.45) is 5.73 Å². The van der Waals surface area contributed by atoms with E-state index >= 15 is 0 Å². The number of nitrogens with zero attached hydrogens (tertiary/aromatic N) is 4. The van der Waals surface area contributed by atoms with E-state index in [1.54, 1.807) is 22.4 Å². The standard InChI is InChI=1S/C22H21ClN6O3S/c23-14-8-15(33-11-14)2-4-20(31)29-6-5-28(22(32)18(29)9-19(24)30)10-13-1-3-16-17(7-13)26-12-27-21(16)25/h1-4,7-8,11-12,18H,5-6,9-10H2,(H2,24,30)(H2,25,26,27)/t18-/m0/s1. The average molecular weight is 485 g/mol. The summed E-state index contributed by atoms with van der Waals surface area (Å²) >= 11 is 7.31. The number of carbonyl (C=O) groups is 3. The predicted octanol–water partition coefficient (Wildman–Crippen LogP) is 2.06. The molecule has 2 aromatic heterocycles. The van der Waals surface area contributed by atoms with E-state index in [1.807, 2.05) is 18.2 Å². The molecule has 3 aromatic rings. The van der Waals surface area contributed by atoms with Gasteiger partial charge in [-0.15, -0.1) is 11.3 Å². The molecule has 3 amide bonds. The maximum Gasteiger partial charge on any atom is 0.247 e. The number of nitrogens with two attached hydrogens (primary N) is 2. The second-order valence-corrected chi connectivity index (χ2v) is 8.97. The molecule has 1 fully saturated rings. The molecule has 1 atom stereocenters. The van der Waals surface area contributed by atoms with Gasteiger partial charge < -0.3 is 21.3 Å². The Balaban J connectivity index is 1.51. The van der Waals surface area contributed by atoms with Crippen LogP contribution < -0.4 is 11.5 Å². The van der Waals surface area contributed by atoms with Crippen molar-refractivity contribution in [3.05, 3.63) is 57.5 Å². The lowest BCUT2D eigenvalue weighted by Gasteiger charge is -2.40. The van der Waals surface area contributed by atoms with Crippen molar-refractivity contribution in [3.8, 4) is 0 Å². The van der Waals surface area contributed by atoms with Gasteiger partial charge in [0.15, 0.2) is 0 Å². The highest BCUT2D eigenvalue weighted by Crippen LogP contribution is 2.23. The fraction of sp³-hybridized carbons (Fsp3) is 0.227. The smallest absolute Gasteiger partial charge is 0.247 e. The molecule has 1 aliphatic rings. The summed E-state index contributed by atoms with van der Waals surface area (Å²) in [5.74, 6) is -0.964. The van der Waals surface area contributed by atoms with Crippen molar-refractivity contribution >= 4 is 63.5 Å². The first kappa shape index (κ1) is 22.7. The first-order valence-corrected chi connectivity index (χ1v) is 11.4. The maximum atomic E-state index is 13.2. The number of nitrogen functional groups attached to an aromatic ring is 1. The Morgan fingerprint density at radius 3 is 2.79 bits per heavy atom. The fourth-order valence-corrected chi connectivity index (χ4v) is 4.73. The highest BCUT2D eigenvalue weighted by molar-refractivity contribution is 7.11. The summed E-state index contributed by atoms with van der Waals surface area (Å²) in [7, 11) is 0. The zero-order valence-electron chi connectivity index (χ0n) is 17.5. The van der Waals surface area contributed by atoms with Gasteiger partial charge in [-0.2, -0.15) is 0 Å². The minimum atomic E-state index is -0.959. The number of carbonyl (C=O) groups excluding carboxylic acids is 3. The summed E-state index contributed by atoms with van der Waals surface area (Å²) in [5.41, 5.74) is 12.8. The van der Waals surface area contributed by atoms with Crippen LogP contribution in [0.25, 0.3) is 17.0 Å². The van der Waals surface area contributed by atoms with E-state index in [9.17, 15) is 14.4 Å². The molecule has 1 aromatic carbocycles. The van der Waals surface area contributed by atoms with Crippen LogP contribution >= 0.6 is 22.9 Å². The lowest BCUT2D eigenvalue weighted by atomic mass is 10.0. The van der Waals surface area contributed by atoms with Crippen molar-refractivity contribution in [3.63, 3.8) is 0 Å². The first-order valence-electron chi connectivity index (χ1n) is 10.1. The van der Waals surface area contributed by atoms with Crippen LogP contribution in [0, 0.1) is 0 Å². The van der Waals surface area contributed by atoms with Gasteiger partial charge in [0.05, 0.1) is 17.0 Å². The van der Waals surface area contributed by atoms with E-state index in [-0.39, 0.29) is 24.8 Å². The van der Waals surface area contributed by atoms with Crippen molar-refractivity contribution in [2.45, 2.75) is 19.0 Å². The Bertz CT molecular complexity index is 1260. The Labute approximate surface area is 198 Å². The van der Waals surface area contributed by atoms with Crippen LogP contribution in [0.4, 0.5) is 5.82 Å². The summed E-state index contributed by atoms with van der Waals surface area (Å²) in [5, 5.41) is 3.08. The van der Waals surface area contributed by atoms with Gasteiger partial charge in [-0.3, -0.25) is 14.4 Å². The van der Waals surface area contributed by atoms with Crippen molar-refractivity contribution < 1.29 is 14.4 Å². The van der Waals surface area contributed by atoms with Gasteiger partial charge in [0.2, 0.25) is 17.7 Å². The molecule has 1 saturated heterocycles. The molecule has 0 unspecified atom stereocenters. The average Bonchev–Trinajstić information content (AvgIpc) is 3.20. The molecule has 4 rings (SSSR count). The number of piperazine rings is 1. The molecule has 0 aliphatic carbocycles. The van der Waals surface area contributed by atoms with Crippen LogP contribution in [-0.4, -0.2) is 56.6 Å². The van der Waals surface area contributed by atoms with Gasteiger partial charge in [-0.25, -0.2) is 9.97 Å². The molecule has 170 valence electrons. The van der Waals surface area contributed by atoms with E-state index in [2.05, 4.69) is 9.97 Å². The molecule has 4 N–H and O–H groups in total. The Morgan fingerprint density at radius 1 is 1.24 bits per heavy atom. The number of fused-ring (bicyclic) bond motifs is 1. The Morgan fingerprint density at radius 2 is 2.06 bits per heavy atom. The molecule has 11 heteroatoms. The molecule has 33 heavy (non-hydrogen) atoms. The van der Waals surface area contributed by atoms with Crippen LogP contribution in [0.5, 0.6) is 0 Å². The van der Waals surface area contributed by atoms with Crippen LogP contribution in [0.3, 0.4) is 0 Å². The van der Waals surface area contributed by atoms with Crippen LogP contribution in [0.2, 0.25) is 5.02 Å². The third-order valence-corrected chi connectivity index (χ3v) is 6.59. The van der Waals surface area contributed by atoms with Crippen molar-refractivity contribution in [1.82, 2.24) is 19.8 Å². The maximum absolute atomic E-state index is 13.2. The number of amides is 3. The highest BCUT2D eigenvalue weighted by atomic mass is 35.5. The lowest BCUT2D eigenvalue weighted by Crippen LogP contribution is -2.59. The number of rotatable bonds is 6. The number of hydrogen-bond acceptors (Lipinski definition) is 7. The largest absolute Gasteiger partial charge is 0.383 e. The molecule has 9 nitrogen and oxygen atoms in total. The highest BCUT2D eigenvalue weighted by Gasteiger charge is 2.37. The molecule has 1 aliphatic heterocycles. The summed E-state index contributed by atoms with van der Waals surface area (Å²) in [4.78, 5) is 49.7. The van der Waals surface area contributed by atoms with E-state index in [1.165, 1.54) is 28.6 Å². The van der Waals surface area contributed by atoms with Gasteiger partial charge in [0.25, 0.3) is 0 Å². The SMILES string of the molecule is NC(=O)C[C@H]1C(=O)N(Cc2ccc3c(N)ncnc3c2)CCN1C(=O)C=Cc1cc(Cl)cs1.